The Kier molecular flexibility index (Phi) is 16.3. The summed E-state index contributed by atoms with van der Waals surface area (Å²) in [5, 5.41) is 28.4. The monoisotopic (exact) mass is 426 g/mol. The molecular formula is C24H42O6. The lowest BCUT2D eigenvalue weighted by Crippen LogP contribution is -2.49. The number of hydrogen-bond donors (Lipinski definition) is 3. The highest BCUT2D eigenvalue weighted by Gasteiger charge is 2.45. The highest BCUT2D eigenvalue weighted by atomic mass is 16.4. The predicted molar refractivity (Wildman–Crippen MR) is 118 cm³/mol. The molecule has 0 spiro atoms. The number of unbranched alkanes of at least 4 members (excludes halogenated alkanes) is 11. The fourth-order valence-corrected chi connectivity index (χ4v) is 3.26. The standard InChI is InChI=1S/C24H42O6/c1-3-4-5-6-7-8-9-10-11-12-13-14-15-16-17-18-22(27)24(30,23(28)29)19-21(26)20(2)25/h10-11,20,25,30H,3-9,12-19H2,1-2H3,(H,28,29)/b11-10-. The minimum Gasteiger partial charge on any atom is -0.479 e. The van der Waals surface area contributed by atoms with Crippen molar-refractivity contribution in [2.24, 2.45) is 0 Å². The predicted octanol–water partition coefficient (Wildman–Crippen LogP) is 4.75. The van der Waals surface area contributed by atoms with Gasteiger partial charge < -0.3 is 15.3 Å². The van der Waals surface area contributed by atoms with Gasteiger partial charge in [-0.1, -0.05) is 70.4 Å². The van der Waals surface area contributed by atoms with Gasteiger partial charge >= 0.3 is 5.97 Å². The van der Waals surface area contributed by atoms with Gasteiger partial charge in [0.15, 0.2) is 11.6 Å². The van der Waals surface area contributed by atoms with Gasteiger partial charge in [0.25, 0.3) is 0 Å². The lowest BCUT2D eigenvalue weighted by molar-refractivity contribution is -0.168. The number of carboxylic acids is 1. The fourth-order valence-electron chi connectivity index (χ4n) is 3.26. The zero-order valence-electron chi connectivity index (χ0n) is 18.9. The lowest BCUT2D eigenvalue weighted by atomic mass is 9.88. The maximum atomic E-state index is 12.1. The first-order valence-electron chi connectivity index (χ1n) is 11.6. The van der Waals surface area contributed by atoms with E-state index >= 15 is 0 Å². The van der Waals surface area contributed by atoms with Gasteiger partial charge in [-0.2, -0.15) is 0 Å². The molecular weight excluding hydrogens is 384 g/mol. The van der Waals surface area contributed by atoms with Crippen LogP contribution >= 0.6 is 0 Å². The van der Waals surface area contributed by atoms with Crippen molar-refractivity contribution < 1.29 is 29.7 Å². The summed E-state index contributed by atoms with van der Waals surface area (Å²) in [6.07, 6.45) is 16.5. The van der Waals surface area contributed by atoms with E-state index in [2.05, 4.69) is 19.1 Å². The molecule has 0 heterocycles. The van der Waals surface area contributed by atoms with Crippen LogP contribution in [0.5, 0.6) is 0 Å². The van der Waals surface area contributed by atoms with Crippen LogP contribution in [0, 0.1) is 0 Å². The molecule has 2 atom stereocenters. The molecule has 0 rings (SSSR count). The largest absolute Gasteiger partial charge is 0.479 e. The molecule has 0 aliphatic carbocycles. The van der Waals surface area contributed by atoms with Crippen molar-refractivity contribution >= 4 is 17.5 Å². The molecule has 0 fully saturated rings. The highest BCUT2D eigenvalue weighted by Crippen LogP contribution is 2.19. The number of hydrogen-bond acceptors (Lipinski definition) is 5. The molecule has 6 heteroatoms. The second kappa shape index (κ2) is 17.2. The van der Waals surface area contributed by atoms with Gasteiger partial charge in [-0.05, 0) is 39.0 Å². The Labute approximate surface area is 181 Å². The zero-order chi connectivity index (χ0) is 22.8. The normalized spacial score (nSPS) is 14.5. The van der Waals surface area contributed by atoms with Crippen molar-refractivity contribution in [3.63, 3.8) is 0 Å². The van der Waals surface area contributed by atoms with Crippen molar-refractivity contribution in [2.45, 2.75) is 122 Å². The maximum absolute atomic E-state index is 12.1. The van der Waals surface area contributed by atoms with E-state index in [0.717, 1.165) is 38.5 Å². The summed E-state index contributed by atoms with van der Waals surface area (Å²) in [4.78, 5) is 34.9. The number of aliphatic hydroxyl groups is 2. The van der Waals surface area contributed by atoms with E-state index in [4.69, 9.17) is 5.11 Å². The van der Waals surface area contributed by atoms with E-state index < -0.39 is 35.7 Å². The number of ketones is 2. The van der Waals surface area contributed by atoms with Crippen molar-refractivity contribution in [2.75, 3.05) is 0 Å². The summed E-state index contributed by atoms with van der Waals surface area (Å²) in [6.45, 7) is 3.41. The molecule has 6 nitrogen and oxygen atoms in total. The smallest absolute Gasteiger partial charge is 0.344 e. The Morgan fingerprint density at radius 1 is 0.833 bits per heavy atom. The van der Waals surface area contributed by atoms with Gasteiger partial charge in [0, 0.05) is 6.42 Å². The van der Waals surface area contributed by atoms with E-state index in [9.17, 15) is 24.6 Å². The van der Waals surface area contributed by atoms with Crippen molar-refractivity contribution in [3.8, 4) is 0 Å². The van der Waals surface area contributed by atoms with Gasteiger partial charge in [-0.15, -0.1) is 0 Å². The topological polar surface area (TPSA) is 112 Å². The maximum Gasteiger partial charge on any atom is 0.344 e. The van der Waals surface area contributed by atoms with Crippen LogP contribution in [0.1, 0.15) is 110 Å². The first-order chi connectivity index (χ1) is 14.3. The Morgan fingerprint density at radius 3 is 1.77 bits per heavy atom. The Bertz CT molecular complexity index is 526. The summed E-state index contributed by atoms with van der Waals surface area (Å²) in [6, 6.07) is 0. The number of aliphatic hydroxyl groups excluding tert-OH is 1. The molecule has 2 unspecified atom stereocenters. The first-order valence-corrected chi connectivity index (χ1v) is 11.6. The van der Waals surface area contributed by atoms with Crippen molar-refractivity contribution in [1.29, 1.82) is 0 Å². The first kappa shape index (κ1) is 28.5. The summed E-state index contributed by atoms with van der Waals surface area (Å²) in [5.74, 6) is -3.48. The SMILES string of the molecule is CCCCCCCC/C=C\CCCCCCCC(=O)C(O)(CC(=O)C(C)O)C(=O)O. The van der Waals surface area contributed by atoms with Crippen LogP contribution in [0.4, 0.5) is 0 Å². The number of carbonyl (C=O) groups excluding carboxylic acids is 2. The van der Waals surface area contributed by atoms with Crippen LogP contribution in [-0.2, 0) is 14.4 Å². The lowest BCUT2D eigenvalue weighted by Gasteiger charge is -2.21. The quantitative estimate of drug-likeness (QED) is 0.147. The average molecular weight is 427 g/mol. The van der Waals surface area contributed by atoms with Crippen LogP contribution in [-0.4, -0.2) is 44.6 Å². The molecule has 0 aromatic heterocycles. The second-order valence-corrected chi connectivity index (χ2v) is 8.24. The van der Waals surface area contributed by atoms with Gasteiger partial charge in [0.1, 0.15) is 6.10 Å². The van der Waals surface area contributed by atoms with E-state index in [-0.39, 0.29) is 6.42 Å². The van der Waals surface area contributed by atoms with Gasteiger partial charge in [-0.3, -0.25) is 9.59 Å². The number of allylic oxidation sites excluding steroid dienone is 2. The number of rotatable bonds is 20. The number of carbonyl (C=O) groups is 3. The molecule has 0 radical (unpaired) electrons. The molecule has 0 amide bonds. The van der Waals surface area contributed by atoms with Gasteiger partial charge in [0.05, 0.1) is 6.42 Å². The van der Waals surface area contributed by atoms with Crippen LogP contribution in [0.15, 0.2) is 12.2 Å². The van der Waals surface area contributed by atoms with Crippen LogP contribution in [0.3, 0.4) is 0 Å². The summed E-state index contributed by atoms with van der Waals surface area (Å²) < 4.78 is 0. The molecule has 0 bridgehead atoms. The van der Waals surface area contributed by atoms with Gasteiger partial charge in [-0.25, -0.2) is 4.79 Å². The molecule has 0 aromatic carbocycles. The van der Waals surface area contributed by atoms with Crippen molar-refractivity contribution in [3.05, 3.63) is 12.2 Å². The average Bonchev–Trinajstić information content (AvgIpc) is 2.70. The summed E-state index contributed by atoms with van der Waals surface area (Å²) >= 11 is 0. The number of carboxylic acid groups (broad SMARTS) is 1. The minimum atomic E-state index is -2.74. The van der Waals surface area contributed by atoms with Crippen LogP contribution in [0.25, 0.3) is 0 Å². The van der Waals surface area contributed by atoms with E-state index in [1.165, 1.54) is 45.4 Å². The molecule has 0 saturated carbocycles. The van der Waals surface area contributed by atoms with E-state index in [1.54, 1.807) is 0 Å². The summed E-state index contributed by atoms with van der Waals surface area (Å²) in [7, 11) is 0. The molecule has 0 aliphatic rings. The van der Waals surface area contributed by atoms with Crippen LogP contribution in [0.2, 0.25) is 0 Å². The molecule has 0 saturated heterocycles. The van der Waals surface area contributed by atoms with Crippen LogP contribution < -0.4 is 0 Å². The molecule has 0 aliphatic heterocycles. The summed E-state index contributed by atoms with van der Waals surface area (Å²) in [5.41, 5.74) is -2.74. The Balaban J connectivity index is 3.84. The molecule has 3 N–H and O–H groups in total. The fraction of sp³-hybridized carbons (Fsp3) is 0.792. The third kappa shape index (κ3) is 12.9. The third-order valence-electron chi connectivity index (χ3n) is 5.38. The molecule has 0 aromatic rings. The minimum absolute atomic E-state index is 0.0892. The van der Waals surface area contributed by atoms with Gasteiger partial charge in [0.2, 0.25) is 5.60 Å². The second-order valence-electron chi connectivity index (χ2n) is 8.24. The van der Waals surface area contributed by atoms with E-state index in [1.807, 2.05) is 0 Å². The van der Waals surface area contributed by atoms with Crippen molar-refractivity contribution in [1.82, 2.24) is 0 Å². The molecule has 30 heavy (non-hydrogen) atoms. The van der Waals surface area contributed by atoms with E-state index in [0.29, 0.717) is 6.42 Å². The zero-order valence-corrected chi connectivity index (χ0v) is 18.9. The number of aliphatic carboxylic acids is 1. The third-order valence-corrected chi connectivity index (χ3v) is 5.38. The number of Topliss-reactive ketones (excluding diaryl/α,β-unsaturated/α-hetero) is 2. The Hall–Kier alpha value is -1.53. The molecule has 174 valence electrons. The Morgan fingerprint density at radius 2 is 1.30 bits per heavy atom. The highest BCUT2D eigenvalue weighted by molar-refractivity contribution is 6.09.